The number of carbonyl (C=O) groups is 2. The highest BCUT2D eigenvalue weighted by molar-refractivity contribution is 5.86. The Morgan fingerprint density at radius 1 is 1.33 bits per heavy atom. The van der Waals surface area contributed by atoms with Crippen molar-refractivity contribution in [1.82, 2.24) is 4.90 Å². The van der Waals surface area contributed by atoms with Crippen LogP contribution < -0.4 is 0 Å². The average Bonchev–Trinajstić information content (AvgIpc) is 2.82. The molecule has 1 fully saturated rings. The minimum absolute atomic E-state index is 0.00506. The van der Waals surface area contributed by atoms with Crippen LogP contribution >= 0.6 is 0 Å². The van der Waals surface area contributed by atoms with E-state index in [0.29, 0.717) is 19.4 Å². The van der Waals surface area contributed by atoms with Gasteiger partial charge in [0, 0.05) is 12.5 Å². The number of aryl methyl sites for hydroxylation is 1. The summed E-state index contributed by atoms with van der Waals surface area (Å²) in [6.07, 6.45) is 1.91. The van der Waals surface area contributed by atoms with E-state index in [-0.39, 0.29) is 17.7 Å². The highest BCUT2D eigenvalue weighted by Gasteiger charge is 2.39. The van der Waals surface area contributed by atoms with Gasteiger partial charge in [0.15, 0.2) is 0 Å². The van der Waals surface area contributed by atoms with Crippen LogP contribution in [0.15, 0.2) is 30.3 Å². The zero-order valence-corrected chi connectivity index (χ0v) is 12.7. The van der Waals surface area contributed by atoms with Gasteiger partial charge >= 0.3 is 5.97 Å². The van der Waals surface area contributed by atoms with E-state index in [9.17, 15) is 14.7 Å². The summed E-state index contributed by atoms with van der Waals surface area (Å²) in [4.78, 5) is 25.5. The standard InChI is InChI=1S/C17H23NO3/c1-12(2)14-10-11-18(16(14)19)15(17(20)21)9-8-13-6-4-3-5-7-13/h3-7,12,14-15H,8-11H2,1-2H3,(H,20,21). The number of carboxylic acid groups (broad SMARTS) is 1. The van der Waals surface area contributed by atoms with Crippen LogP contribution in [0.4, 0.5) is 0 Å². The Bertz CT molecular complexity index is 498. The summed E-state index contributed by atoms with van der Waals surface area (Å²) < 4.78 is 0. The van der Waals surface area contributed by atoms with Crippen LogP contribution in [0.3, 0.4) is 0 Å². The summed E-state index contributed by atoms with van der Waals surface area (Å²) in [5, 5.41) is 9.46. The first-order valence-corrected chi connectivity index (χ1v) is 7.58. The van der Waals surface area contributed by atoms with E-state index in [2.05, 4.69) is 0 Å². The summed E-state index contributed by atoms with van der Waals surface area (Å²) in [5.41, 5.74) is 1.11. The lowest BCUT2D eigenvalue weighted by Crippen LogP contribution is -2.43. The molecule has 0 spiro atoms. The molecule has 1 aromatic rings. The fraction of sp³-hybridized carbons (Fsp3) is 0.529. The number of hydrogen-bond donors (Lipinski definition) is 1. The second-order valence-electron chi connectivity index (χ2n) is 6.05. The van der Waals surface area contributed by atoms with Crippen LogP contribution in [-0.4, -0.2) is 34.5 Å². The average molecular weight is 289 g/mol. The first kappa shape index (κ1) is 15.5. The predicted octanol–water partition coefficient (Wildman–Crippen LogP) is 2.58. The molecule has 21 heavy (non-hydrogen) atoms. The molecule has 2 atom stereocenters. The molecule has 1 saturated heterocycles. The number of rotatable bonds is 6. The van der Waals surface area contributed by atoms with E-state index in [4.69, 9.17) is 0 Å². The minimum atomic E-state index is -0.899. The summed E-state index contributed by atoms with van der Waals surface area (Å²) in [7, 11) is 0. The first-order chi connectivity index (χ1) is 10.0. The smallest absolute Gasteiger partial charge is 0.326 e. The van der Waals surface area contributed by atoms with Crippen LogP contribution in [0.1, 0.15) is 32.3 Å². The summed E-state index contributed by atoms with van der Waals surface area (Å²) in [5.74, 6) is -0.649. The number of hydrogen-bond acceptors (Lipinski definition) is 2. The predicted molar refractivity (Wildman–Crippen MR) is 80.8 cm³/mol. The molecule has 4 heteroatoms. The SMILES string of the molecule is CC(C)C1CCN(C(CCc2ccccc2)C(=O)O)C1=O. The molecule has 0 saturated carbocycles. The maximum atomic E-state index is 12.4. The third-order valence-corrected chi connectivity index (χ3v) is 4.30. The highest BCUT2D eigenvalue weighted by Crippen LogP contribution is 2.28. The van der Waals surface area contributed by atoms with Gasteiger partial charge in [-0.15, -0.1) is 0 Å². The number of benzene rings is 1. The van der Waals surface area contributed by atoms with E-state index in [0.717, 1.165) is 12.0 Å². The molecular weight excluding hydrogens is 266 g/mol. The zero-order chi connectivity index (χ0) is 15.4. The Kier molecular flexibility index (Phi) is 4.99. The number of likely N-dealkylation sites (tertiary alicyclic amines) is 1. The molecule has 0 radical (unpaired) electrons. The number of carboxylic acids is 1. The number of amides is 1. The van der Waals surface area contributed by atoms with Gasteiger partial charge in [-0.25, -0.2) is 4.79 Å². The van der Waals surface area contributed by atoms with Gasteiger partial charge in [0.2, 0.25) is 5.91 Å². The third-order valence-electron chi connectivity index (χ3n) is 4.30. The van der Waals surface area contributed by atoms with Crippen molar-refractivity contribution in [3.8, 4) is 0 Å². The van der Waals surface area contributed by atoms with Crippen LogP contribution in [0.2, 0.25) is 0 Å². The second kappa shape index (κ2) is 6.74. The van der Waals surface area contributed by atoms with Crippen LogP contribution in [0.5, 0.6) is 0 Å². The van der Waals surface area contributed by atoms with E-state index in [1.165, 1.54) is 0 Å². The lowest BCUT2D eigenvalue weighted by molar-refractivity contribution is -0.149. The largest absolute Gasteiger partial charge is 0.480 e. The molecule has 0 bridgehead atoms. The van der Waals surface area contributed by atoms with E-state index >= 15 is 0 Å². The number of carbonyl (C=O) groups excluding carboxylic acids is 1. The Labute approximate surface area is 125 Å². The fourth-order valence-corrected chi connectivity index (χ4v) is 3.01. The first-order valence-electron chi connectivity index (χ1n) is 7.58. The van der Waals surface area contributed by atoms with Crippen molar-refractivity contribution < 1.29 is 14.7 Å². The molecule has 2 unspecified atom stereocenters. The summed E-state index contributed by atoms with van der Waals surface area (Å²) >= 11 is 0. The van der Waals surface area contributed by atoms with Crippen molar-refractivity contribution >= 4 is 11.9 Å². The van der Waals surface area contributed by atoms with Crippen LogP contribution in [0, 0.1) is 11.8 Å². The minimum Gasteiger partial charge on any atom is -0.480 e. The molecule has 1 amide bonds. The van der Waals surface area contributed by atoms with Crippen LogP contribution in [-0.2, 0) is 16.0 Å². The van der Waals surface area contributed by atoms with Gasteiger partial charge in [-0.3, -0.25) is 4.79 Å². The van der Waals surface area contributed by atoms with Crippen molar-refractivity contribution in [3.05, 3.63) is 35.9 Å². The van der Waals surface area contributed by atoms with Crippen molar-refractivity contribution in [3.63, 3.8) is 0 Å². The van der Waals surface area contributed by atoms with E-state index < -0.39 is 12.0 Å². The normalized spacial score (nSPS) is 20.0. The molecule has 1 heterocycles. The maximum absolute atomic E-state index is 12.4. The summed E-state index contributed by atoms with van der Waals surface area (Å²) in [6, 6.07) is 9.10. The van der Waals surface area contributed by atoms with Crippen LogP contribution in [0.25, 0.3) is 0 Å². The van der Waals surface area contributed by atoms with E-state index in [1.54, 1.807) is 4.90 Å². The Hall–Kier alpha value is -1.84. The second-order valence-corrected chi connectivity index (χ2v) is 6.05. The Morgan fingerprint density at radius 2 is 2.00 bits per heavy atom. The van der Waals surface area contributed by atoms with Gasteiger partial charge in [-0.2, -0.15) is 0 Å². The molecule has 0 aliphatic carbocycles. The van der Waals surface area contributed by atoms with Gasteiger partial charge in [-0.1, -0.05) is 44.2 Å². The van der Waals surface area contributed by atoms with Crippen molar-refractivity contribution in [2.45, 2.75) is 39.2 Å². The molecule has 0 aromatic heterocycles. The summed E-state index contributed by atoms with van der Waals surface area (Å²) in [6.45, 7) is 4.60. The van der Waals surface area contributed by atoms with Gasteiger partial charge in [-0.05, 0) is 30.7 Å². The third kappa shape index (κ3) is 3.63. The molecule has 1 aliphatic heterocycles. The van der Waals surface area contributed by atoms with Crippen molar-refractivity contribution in [2.75, 3.05) is 6.54 Å². The molecule has 1 aliphatic rings. The monoisotopic (exact) mass is 289 g/mol. The molecular formula is C17H23NO3. The van der Waals surface area contributed by atoms with Gasteiger partial charge in [0.25, 0.3) is 0 Å². The highest BCUT2D eigenvalue weighted by atomic mass is 16.4. The number of nitrogens with zero attached hydrogens (tertiary/aromatic N) is 1. The quantitative estimate of drug-likeness (QED) is 0.875. The molecule has 2 rings (SSSR count). The number of aliphatic carboxylic acids is 1. The Balaban J connectivity index is 2.03. The van der Waals surface area contributed by atoms with Crippen molar-refractivity contribution in [1.29, 1.82) is 0 Å². The molecule has 1 aromatic carbocycles. The fourth-order valence-electron chi connectivity index (χ4n) is 3.01. The molecule has 1 N–H and O–H groups in total. The lowest BCUT2D eigenvalue weighted by Gasteiger charge is -2.25. The maximum Gasteiger partial charge on any atom is 0.326 e. The van der Waals surface area contributed by atoms with Gasteiger partial charge < -0.3 is 10.0 Å². The van der Waals surface area contributed by atoms with Gasteiger partial charge in [0.1, 0.15) is 6.04 Å². The zero-order valence-electron chi connectivity index (χ0n) is 12.7. The van der Waals surface area contributed by atoms with Gasteiger partial charge in [0.05, 0.1) is 0 Å². The lowest BCUT2D eigenvalue weighted by atomic mass is 9.94. The molecule has 4 nitrogen and oxygen atoms in total. The van der Waals surface area contributed by atoms with Crippen molar-refractivity contribution in [2.24, 2.45) is 11.8 Å². The molecule has 114 valence electrons. The van der Waals surface area contributed by atoms with E-state index in [1.807, 2.05) is 44.2 Å². The topological polar surface area (TPSA) is 57.6 Å². The Morgan fingerprint density at radius 3 is 2.52 bits per heavy atom.